The Morgan fingerprint density at radius 3 is 2.34 bits per heavy atom. The predicted octanol–water partition coefficient (Wildman–Crippen LogP) is 5.18. The molecule has 0 fully saturated rings. The van der Waals surface area contributed by atoms with Crippen LogP contribution >= 0.6 is 11.6 Å². The van der Waals surface area contributed by atoms with Gasteiger partial charge in [-0.2, -0.15) is 0 Å². The van der Waals surface area contributed by atoms with Crippen molar-refractivity contribution < 1.29 is 13.2 Å². The molecular formula is C27H28ClN3O3S. The Morgan fingerprint density at radius 2 is 1.69 bits per heavy atom. The zero-order valence-corrected chi connectivity index (χ0v) is 21.2. The Kier molecular flexibility index (Phi) is 7.19. The van der Waals surface area contributed by atoms with E-state index in [9.17, 15) is 13.2 Å². The van der Waals surface area contributed by atoms with Crippen LogP contribution in [0.15, 0.2) is 85.1 Å². The largest absolute Gasteiger partial charge is 0.353 e. The normalized spacial score (nSPS) is 13.3. The monoisotopic (exact) mass is 509 g/mol. The lowest BCUT2D eigenvalue weighted by Gasteiger charge is -2.35. The number of nitrogens with zero attached hydrogens (tertiary/aromatic N) is 1. The molecule has 1 amide bonds. The number of carbonyl (C=O) groups is 1. The lowest BCUT2D eigenvalue weighted by Crippen LogP contribution is -2.49. The number of fused-ring (bicyclic) bond motifs is 1. The van der Waals surface area contributed by atoms with E-state index in [0.717, 1.165) is 22.9 Å². The van der Waals surface area contributed by atoms with Crippen LogP contribution in [0.1, 0.15) is 24.5 Å². The van der Waals surface area contributed by atoms with Gasteiger partial charge in [0.25, 0.3) is 5.91 Å². The summed E-state index contributed by atoms with van der Waals surface area (Å²) in [6, 6.07) is 24.5. The van der Waals surface area contributed by atoms with E-state index in [0.29, 0.717) is 35.5 Å². The average molecular weight is 510 g/mol. The molecule has 0 aliphatic rings. The number of nitrogens with one attached hydrogen (secondary N) is 2. The third-order valence-electron chi connectivity index (χ3n) is 6.19. The van der Waals surface area contributed by atoms with E-state index in [2.05, 4.69) is 10.0 Å². The van der Waals surface area contributed by atoms with Crippen LogP contribution in [0.3, 0.4) is 0 Å². The fourth-order valence-corrected chi connectivity index (χ4v) is 5.24. The van der Waals surface area contributed by atoms with Gasteiger partial charge in [-0.3, -0.25) is 9.52 Å². The summed E-state index contributed by atoms with van der Waals surface area (Å²) in [7, 11) is -3.47. The SMILES string of the molecule is CCC(C(=O)NCCc1ccccc1)(c1ccc(Cl)cc1)n1ccc2c(NS(C)(=O)=O)cccc21. The van der Waals surface area contributed by atoms with Crippen LogP contribution in [-0.2, 0) is 26.8 Å². The maximum absolute atomic E-state index is 14.0. The third-order valence-corrected chi connectivity index (χ3v) is 7.03. The minimum atomic E-state index is -3.47. The van der Waals surface area contributed by atoms with Gasteiger partial charge in [-0.1, -0.05) is 67.1 Å². The zero-order chi connectivity index (χ0) is 25.1. The molecule has 1 atom stereocenters. The number of hydrogen-bond acceptors (Lipinski definition) is 3. The van der Waals surface area contributed by atoms with E-state index in [-0.39, 0.29) is 5.91 Å². The van der Waals surface area contributed by atoms with Crippen LogP contribution in [0, 0.1) is 0 Å². The number of hydrogen-bond donors (Lipinski definition) is 2. The molecule has 1 aromatic heterocycles. The first-order chi connectivity index (χ1) is 16.7. The van der Waals surface area contributed by atoms with Crippen molar-refractivity contribution in [3.05, 3.63) is 101 Å². The quantitative estimate of drug-likeness (QED) is 0.326. The number of carbonyl (C=O) groups excluding carboxylic acids is 1. The summed E-state index contributed by atoms with van der Waals surface area (Å²) in [4.78, 5) is 14.0. The van der Waals surface area contributed by atoms with Crippen LogP contribution in [0.2, 0.25) is 5.02 Å². The van der Waals surface area contributed by atoms with E-state index >= 15 is 0 Å². The minimum absolute atomic E-state index is 0.141. The number of halogens is 1. The molecule has 0 saturated heterocycles. The van der Waals surface area contributed by atoms with Gasteiger partial charge in [0.2, 0.25) is 10.0 Å². The molecule has 3 aromatic carbocycles. The highest BCUT2D eigenvalue weighted by Crippen LogP contribution is 2.37. The van der Waals surface area contributed by atoms with E-state index < -0.39 is 15.6 Å². The molecule has 4 rings (SSSR count). The van der Waals surface area contributed by atoms with Crippen LogP contribution in [-0.4, -0.2) is 31.7 Å². The molecule has 4 aromatic rings. The van der Waals surface area contributed by atoms with E-state index in [4.69, 9.17) is 11.6 Å². The predicted molar refractivity (Wildman–Crippen MR) is 142 cm³/mol. The van der Waals surface area contributed by atoms with Gasteiger partial charge in [-0.25, -0.2) is 8.42 Å². The average Bonchev–Trinajstić information content (AvgIpc) is 3.26. The molecule has 0 radical (unpaired) electrons. The number of anilines is 1. The molecule has 1 heterocycles. The van der Waals surface area contributed by atoms with Crippen molar-refractivity contribution >= 4 is 44.1 Å². The van der Waals surface area contributed by atoms with Gasteiger partial charge in [-0.15, -0.1) is 0 Å². The van der Waals surface area contributed by atoms with Crippen molar-refractivity contribution in [2.45, 2.75) is 25.3 Å². The van der Waals surface area contributed by atoms with Gasteiger partial charge in [-0.05, 0) is 54.3 Å². The first-order valence-electron chi connectivity index (χ1n) is 11.4. The highest BCUT2D eigenvalue weighted by atomic mass is 35.5. The Labute approximate surface area is 211 Å². The van der Waals surface area contributed by atoms with E-state index in [1.165, 1.54) is 0 Å². The summed E-state index contributed by atoms with van der Waals surface area (Å²) in [6.07, 6.45) is 4.14. The lowest BCUT2D eigenvalue weighted by molar-refractivity contribution is -0.128. The molecule has 0 aliphatic heterocycles. The molecule has 0 aliphatic carbocycles. The van der Waals surface area contributed by atoms with E-state index in [1.807, 2.05) is 72.3 Å². The molecule has 0 bridgehead atoms. The second kappa shape index (κ2) is 10.1. The summed E-state index contributed by atoms with van der Waals surface area (Å²) < 4.78 is 28.3. The first-order valence-corrected chi connectivity index (χ1v) is 13.7. The van der Waals surface area contributed by atoms with Crippen LogP contribution < -0.4 is 10.0 Å². The standard InChI is InChI=1S/C27H28ClN3O3S/c1-3-27(21-12-14-22(28)15-13-21,26(32)29-18-16-20-8-5-4-6-9-20)31-19-17-23-24(30-35(2,33)34)10-7-11-25(23)31/h4-15,17,19,30H,3,16,18H2,1-2H3,(H,29,32). The van der Waals surface area contributed by atoms with Crippen molar-refractivity contribution in [3.8, 4) is 0 Å². The Morgan fingerprint density at radius 1 is 0.971 bits per heavy atom. The topological polar surface area (TPSA) is 80.2 Å². The van der Waals surface area contributed by atoms with Gasteiger partial charge in [0.15, 0.2) is 0 Å². The zero-order valence-electron chi connectivity index (χ0n) is 19.7. The Balaban J connectivity index is 1.79. The molecule has 8 heteroatoms. The maximum atomic E-state index is 14.0. The molecule has 35 heavy (non-hydrogen) atoms. The highest BCUT2D eigenvalue weighted by Gasteiger charge is 2.41. The number of rotatable bonds is 9. The van der Waals surface area contributed by atoms with E-state index in [1.54, 1.807) is 24.3 Å². The maximum Gasteiger partial charge on any atom is 0.250 e. The molecule has 6 nitrogen and oxygen atoms in total. The van der Waals surface area contributed by atoms with Gasteiger partial charge in [0.1, 0.15) is 5.54 Å². The van der Waals surface area contributed by atoms with Gasteiger partial charge < -0.3 is 9.88 Å². The van der Waals surface area contributed by atoms with Crippen molar-refractivity contribution in [2.24, 2.45) is 0 Å². The summed E-state index contributed by atoms with van der Waals surface area (Å²) in [5.74, 6) is -0.141. The van der Waals surface area contributed by atoms with Gasteiger partial charge >= 0.3 is 0 Å². The second-order valence-electron chi connectivity index (χ2n) is 8.51. The van der Waals surface area contributed by atoms with Crippen molar-refractivity contribution in [2.75, 3.05) is 17.5 Å². The number of benzene rings is 3. The first kappa shape index (κ1) is 24.8. The molecular weight excluding hydrogens is 482 g/mol. The van der Waals surface area contributed by atoms with Gasteiger partial charge in [0.05, 0.1) is 17.5 Å². The summed E-state index contributed by atoms with van der Waals surface area (Å²) in [5, 5.41) is 4.43. The Hall–Kier alpha value is -3.29. The molecule has 2 N–H and O–H groups in total. The molecule has 182 valence electrons. The molecule has 1 unspecified atom stereocenters. The summed E-state index contributed by atoms with van der Waals surface area (Å²) in [6.45, 7) is 2.45. The van der Waals surface area contributed by atoms with Crippen LogP contribution in [0.5, 0.6) is 0 Å². The van der Waals surface area contributed by atoms with Crippen LogP contribution in [0.25, 0.3) is 10.9 Å². The fourth-order valence-electron chi connectivity index (χ4n) is 4.54. The lowest BCUT2D eigenvalue weighted by atomic mass is 9.85. The van der Waals surface area contributed by atoms with Crippen LogP contribution in [0.4, 0.5) is 5.69 Å². The van der Waals surface area contributed by atoms with Crippen molar-refractivity contribution in [1.82, 2.24) is 9.88 Å². The minimum Gasteiger partial charge on any atom is -0.353 e. The number of aromatic nitrogens is 1. The summed E-state index contributed by atoms with van der Waals surface area (Å²) >= 11 is 6.17. The smallest absolute Gasteiger partial charge is 0.250 e. The fraction of sp³-hybridized carbons (Fsp3) is 0.222. The highest BCUT2D eigenvalue weighted by molar-refractivity contribution is 7.92. The number of amides is 1. The van der Waals surface area contributed by atoms with Crippen molar-refractivity contribution in [3.63, 3.8) is 0 Å². The molecule has 0 spiro atoms. The van der Waals surface area contributed by atoms with Gasteiger partial charge in [0, 0.05) is 23.2 Å². The van der Waals surface area contributed by atoms with Crippen molar-refractivity contribution in [1.29, 1.82) is 0 Å². The number of sulfonamides is 1. The third kappa shape index (κ3) is 5.21. The Bertz CT molecular complexity index is 1430. The summed E-state index contributed by atoms with van der Waals surface area (Å²) in [5.41, 5.74) is 2.08. The second-order valence-corrected chi connectivity index (χ2v) is 10.7. The molecule has 0 saturated carbocycles.